The van der Waals surface area contributed by atoms with E-state index in [4.69, 9.17) is 4.42 Å². The van der Waals surface area contributed by atoms with E-state index in [0.29, 0.717) is 0 Å². The van der Waals surface area contributed by atoms with Crippen LogP contribution in [-0.2, 0) is 12.8 Å². The highest BCUT2D eigenvalue weighted by atomic mass is 16.3. The van der Waals surface area contributed by atoms with Crippen molar-refractivity contribution >= 4 is 72.7 Å². The van der Waals surface area contributed by atoms with Gasteiger partial charge in [0, 0.05) is 73.8 Å². The molecule has 0 amide bonds. The van der Waals surface area contributed by atoms with Crippen LogP contribution in [0.3, 0.4) is 0 Å². The number of fused-ring (bicyclic) bond motifs is 9. The van der Waals surface area contributed by atoms with Crippen LogP contribution in [0.1, 0.15) is 64.4 Å². The van der Waals surface area contributed by atoms with Crippen molar-refractivity contribution in [3.05, 3.63) is 197 Å². The minimum absolute atomic E-state index is 0.244. The second kappa shape index (κ2) is 12.8. The fraction of sp³-hybridized carbons (Fsp3) is 0.113. The van der Waals surface area contributed by atoms with Crippen molar-refractivity contribution in [2.75, 3.05) is 0 Å². The summed E-state index contributed by atoms with van der Waals surface area (Å²) in [5, 5.41) is 4.93. The lowest BCUT2D eigenvalue weighted by molar-refractivity contribution is 0.668. The average molecular weight is 734 g/mol. The van der Waals surface area contributed by atoms with Crippen molar-refractivity contribution < 1.29 is 4.42 Å². The van der Waals surface area contributed by atoms with Crippen molar-refractivity contribution in [2.45, 2.75) is 38.0 Å². The quantitative estimate of drug-likeness (QED) is 0.177. The Hall–Kier alpha value is -6.91. The highest BCUT2D eigenvalue weighted by molar-refractivity contribution is 6.12. The lowest BCUT2D eigenvalue weighted by Gasteiger charge is -2.24. The highest BCUT2D eigenvalue weighted by Crippen LogP contribution is 2.44. The van der Waals surface area contributed by atoms with Gasteiger partial charge in [0.15, 0.2) is 0 Å². The van der Waals surface area contributed by atoms with Gasteiger partial charge in [-0.2, -0.15) is 0 Å². The van der Waals surface area contributed by atoms with Crippen molar-refractivity contribution in [3.63, 3.8) is 0 Å². The maximum Gasteiger partial charge on any atom is 0.135 e. The molecule has 1 unspecified atom stereocenters. The molecule has 4 nitrogen and oxygen atoms in total. The molecular weight excluding hydrogens is 695 g/mol. The molecule has 0 fully saturated rings. The van der Waals surface area contributed by atoms with E-state index in [1.54, 1.807) is 0 Å². The van der Waals surface area contributed by atoms with Crippen molar-refractivity contribution in [3.8, 4) is 5.69 Å². The third kappa shape index (κ3) is 5.17. The maximum absolute atomic E-state index is 6.21. The molecule has 3 aliphatic carbocycles. The van der Waals surface area contributed by atoms with E-state index in [0.717, 1.165) is 43.3 Å². The van der Waals surface area contributed by atoms with Crippen LogP contribution < -0.4 is 0 Å². The number of aromatic nitrogens is 3. The molecule has 0 radical (unpaired) electrons. The molecule has 3 aliphatic rings. The number of furan rings is 1. The normalized spacial score (nSPS) is 16.5. The van der Waals surface area contributed by atoms with Gasteiger partial charge in [0.05, 0.1) is 11.0 Å². The predicted octanol–water partition coefficient (Wildman–Crippen LogP) is 13.4. The first-order chi connectivity index (χ1) is 28.2. The highest BCUT2D eigenvalue weighted by Gasteiger charge is 2.27. The molecule has 0 N–H and O–H groups in total. The van der Waals surface area contributed by atoms with E-state index < -0.39 is 0 Å². The number of hydrogen-bond acceptors (Lipinski definition) is 2. The van der Waals surface area contributed by atoms with Crippen LogP contribution in [0, 0.1) is 0 Å². The van der Waals surface area contributed by atoms with Crippen LogP contribution in [0.25, 0.3) is 78.4 Å². The molecule has 0 saturated carbocycles. The second-order valence-corrected chi connectivity index (χ2v) is 15.7. The molecule has 0 bridgehead atoms. The molecule has 9 aromatic rings. The summed E-state index contributed by atoms with van der Waals surface area (Å²) in [6.07, 6.45) is 20.9. The minimum atomic E-state index is 0.244. The van der Waals surface area contributed by atoms with Gasteiger partial charge >= 0.3 is 0 Å². The Kier molecular flexibility index (Phi) is 7.28. The maximum atomic E-state index is 6.21. The van der Waals surface area contributed by atoms with Gasteiger partial charge in [0.1, 0.15) is 11.2 Å². The van der Waals surface area contributed by atoms with Crippen LogP contribution in [0.4, 0.5) is 0 Å². The first-order valence-electron chi connectivity index (χ1n) is 20.2. The van der Waals surface area contributed by atoms with E-state index in [2.05, 4.69) is 166 Å². The number of benzene rings is 5. The molecule has 4 aromatic heterocycles. The molecule has 5 aromatic carbocycles. The molecule has 12 rings (SSSR count). The monoisotopic (exact) mass is 733 g/mol. The Morgan fingerprint density at radius 1 is 0.579 bits per heavy atom. The van der Waals surface area contributed by atoms with Crippen molar-refractivity contribution in [1.29, 1.82) is 0 Å². The summed E-state index contributed by atoms with van der Waals surface area (Å²) < 4.78 is 11.3. The molecule has 1 atom stereocenters. The van der Waals surface area contributed by atoms with Crippen LogP contribution >= 0.6 is 0 Å². The second-order valence-electron chi connectivity index (χ2n) is 15.7. The standard InChI is InChI=1S/C53H39N3O/c1-2-10-34(11-3-1)38-28-39(35-24-26-54-27-25-35)30-41(29-38)56-49-16-8-5-13-43(49)46-32-37(19-22-51(46)56)36-18-21-50-45(31-36)42-12-4-7-15-48(42)55(50)40-20-23-53-47(33-40)44-14-6-9-17-52(44)57-53/h1-6,8-14,16-17,19-20,22-29,31-33,39H,7,15,18,21,30H2. The van der Waals surface area contributed by atoms with Crippen molar-refractivity contribution in [1.82, 2.24) is 14.1 Å². The molecule has 0 saturated heterocycles. The first kappa shape index (κ1) is 32.3. The average Bonchev–Trinajstić information content (AvgIpc) is 3.94. The minimum Gasteiger partial charge on any atom is -0.456 e. The van der Waals surface area contributed by atoms with Crippen molar-refractivity contribution in [2.24, 2.45) is 0 Å². The predicted molar refractivity (Wildman–Crippen MR) is 236 cm³/mol. The summed E-state index contributed by atoms with van der Waals surface area (Å²) in [4.78, 5) is 4.33. The Bertz CT molecular complexity index is 3200. The van der Waals surface area contributed by atoms with E-state index in [9.17, 15) is 0 Å². The van der Waals surface area contributed by atoms with Gasteiger partial charge in [0.25, 0.3) is 0 Å². The van der Waals surface area contributed by atoms with Gasteiger partial charge in [0.2, 0.25) is 0 Å². The molecule has 0 spiro atoms. The van der Waals surface area contributed by atoms with Crippen LogP contribution in [0.5, 0.6) is 0 Å². The summed E-state index contributed by atoms with van der Waals surface area (Å²) in [6.45, 7) is 0. The smallest absolute Gasteiger partial charge is 0.135 e. The number of nitrogens with zero attached hydrogens (tertiary/aromatic N) is 3. The molecule has 4 heterocycles. The fourth-order valence-electron chi connectivity index (χ4n) is 9.93. The topological polar surface area (TPSA) is 35.9 Å². The molecule has 272 valence electrons. The SMILES string of the molecule is C1=Cc2c3c(n(-c4ccc5oc6ccccc6c5c4)c2CC1)CCC(c1ccc2c(c1)c1ccccc1n2C1=CC(c2ccccc2)=CC(c2ccncc2)C1)=C3. The first-order valence-corrected chi connectivity index (χ1v) is 20.2. The summed E-state index contributed by atoms with van der Waals surface area (Å²) in [7, 11) is 0. The number of pyridine rings is 1. The van der Waals surface area contributed by atoms with Gasteiger partial charge < -0.3 is 13.6 Å². The van der Waals surface area contributed by atoms with E-state index in [1.807, 2.05) is 18.5 Å². The molecule has 0 aliphatic heterocycles. The zero-order valence-electron chi connectivity index (χ0n) is 31.5. The Labute approximate surface area is 331 Å². The van der Waals surface area contributed by atoms with E-state index in [-0.39, 0.29) is 5.92 Å². The fourth-order valence-corrected chi connectivity index (χ4v) is 9.93. The number of para-hydroxylation sites is 2. The summed E-state index contributed by atoms with van der Waals surface area (Å²) in [5.74, 6) is 0.244. The number of allylic oxidation sites excluding steroid dienone is 6. The number of rotatable bonds is 5. The van der Waals surface area contributed by atoms with Gasteiger partial charge in [-0.25, -0.2) is 0 Å². The van der Waals surface area contributed by atoms with Gasteiger partial charge in [-0.05, 0) is 127 Å². The van der Waals surface area contributed by atoms with Gasteiger partial charge in [-0.1, -0.05) is 91.0 Å². The zero-order chi connectivity index (χ0) is 37.5. The Morgan fingerprint density at radius 3 is 2.28 bits per heavy atom. The third-order valence-electron chi connectivity index (χ3n) is 12.6. The van der Waals surface area contributed by atoms with E-state index in [1.165, 1.54) is 94.3 Å². The van der Waals surface area contributed by atoms with Gasteiger partial charge in [-0.15, -0.1) is 0 Å². The molecule has 4 heteroatoms. The Morgan fingerprint density at radius 2 is 1.37 bits per heavy atom. The van der Waals surface area contributed by atoms with Crippen LogP contribution in [0.2, 0.25) is 0 Å². The van der Waals surface area contributed by atoms with E-state index >= 15 is 0 Å². The lowest BCUT2D eigenvalue weighted by Crippen LogP contribution is -2.08. The molecule has 57 heavy (non-hydrogen) atoms. The lowest BCUT2D eigenvalue weighted by atomic mass is 9.86. The third-order valence-corrected chi connectivity index (χ3v) is 12.6. The number of hydrogen-bond donors (Lipinski definition) is 0. The van der Waals surface area contributed by atoms with Crippen LogP contribution in [0.15, 0.2) is 162 Å². The summed E-state index contributed by atoms with van der Waals surface area (Å²) in [6, 6.07) is 46.4. The Balaban J connectivity index is 0.980. The largest absolute Gasteiger partial charge is 0.456 e. The molecular formula is C53H39N3O. The van der Waals surface area contributed by atoms with Gasteiger partial charge in [-0.3, -0.25) is 4.98 Å². The summed E-state index contributed by atoms with van der Waals surface area (Å²) in [5.41, 5.74) is 19.0. The zero-order valence-corrected chi connectivity index (χ0v) is 31.5. The van der Waals surface area contributed by atoms with Crippen LogP contribution in [-0.4, -0.2) is 14.1 Å². The summed E-state index contributed by atoms with van der Waals surface area (Å²) >= 11 is 0.